The van der Waals surface area contributed by atoms with Gasteiger partial charge in [-0.25, -0.2) is 4.98 Å². The summed E-state index contributed by atoms with van der Waals surface area (Å²) in [5, 5.41) is 31.0. The van der Waals surface area contributed by atoms with Gasteiger partial charge in [0.2, 0.25) is 5.89 Å². The molecule has 262 valence electrons. The highest BCUT2D eigenvalue weighted by Crippen LogP contribution is 2.38. The van der Waals surface area contributed by atoms with E-state index in [0.717, 1.165) is 75.1 Å². The molecule has 0 bridgehead atoms. The molecule has 2 fully saturated rings. The van der Waals surface area contributed by atoms with Gasteiger partial charge in [-0.1, -0.05) is 41.9 Å². The summed E-state index contributed by atoms with van der Waals surface area (Å²) in [6.45, 7) is 6.05. The summed E-state index contributed by atoms with van der Waals surface area (Å²) in [7, 11) is 0. The van der Waals surface area contributed by atoms with E-state index in [0.29, 0.717) is 66.6 Å². The number of nitrogens with zero attached hydrogens (tertiary/aromatic N) is 6. The van der Waals surface area contributed by atoms with Crippen molar-refractivity contribution < 1.29 is 19.4 Å². The Bertz CT molecular complexity index is 2390. The fraction of sp³-hybridized carbons (Fsp3) is 0.293. The number of aliphatic hydroxyl groups is 1. The van der Waals surface area contributed by atoms with E-state index in [1.807, 2.05) is 67.8 Å². The van der Waals surface area contributed by atoms with Crippen LogP contribution in [0, 0.1) is 24.2 Å². The van der Waals surface area contributed by atoms with Gasteiger partial charge >= 0.3 is 5.97 Å². The smallest absolute Gasteiger partial charge is 0.307 e. The topological polar surface area (TPSA) is 140 Å². The first-order valence-electron chi connectivity index (χ1n) is 17.5. The van der Waals surface area contributed by atoms with Crippen molar-refractivity contribution >= 4 is 39.6 Å². The third kappa shape index (κ3) is 6.64. The molecule has 2 atom stereocenters. The lowest BCUT2D eigenvalue weighted by molar-refractivity contribution is -0.141. The number of aromatic nitrogens is 3. The molecular weight excluding hydrogens is 676 g/mol. The number of pyridine rings is 2. The van der Waals surface area contributed by atoms with Crippen LogP contribution in [0.4, 0.5) is 0 Å². The number of hydrogen-bond acceptors (Lipinski definition) is 9. The number of aliphatic hydroxyl groups excluding tert-OH is 1. The number of nitriles is 1. The number of benzene rings is 3. The summed E-state index contributed by atoms with van der Waals surface area (Å²) in [5.41, 5.74) is 9.57. The second-order valence-electron chi connectivity index (χ2n) is 14.0. The molecule has 0 radical (unpaired) electrons. The van der Waals surface area contributed by atoms with Gasteiger partial charge < -0.3 is 14.6 Å². The quantitative estimate of drug-likeness (QED) is 0.161. The molecule has 2 aliphatic rings. The van der Waals surface area contributed by atoms with Crippen LogP contribution in [0.2, 0.25) is 5.02 Å². The molecule has 2 saturated heterocycles. The average Bonchev–Trinajstić information content (AvgIpc) is 3.89. The van der Waals surface area contributed by atoms with Crippen molar-refractivity contribution in [2.45, 2.75) is 45.4 Å². The van der Waals surface area contributed by atoms with Crippen LogP contribution in [0.3, 0.4) is 0 Å². The maximum absolute atomic E-state index is 11.5. The Morgan fingerprint density at radius 2 is 1.75 bits per heavy atom. The van der Waals surface area contributed by atoms with Gasteiger partial charge in [0.15, 0.2) is 5.58 Å². The highest BCUT2D eigenvalue weighted by Gasteiger charge is 2.28. The Morgan fingerprint density at radius 3 is 2.54 bits per heavy atom. The van der Waals surface area contributed by atoms with E-state index in [2.05, 4.69) is 21.9 Å². The lowest BCUT2D eigenvalue weighted by Crippen LogP contribution is -2.22. The number of β-amino-alcohol motifs (C(OH)–C–C–N with tert-alkyl or cyclic N) is 1. The fourth-order valence-electron chi connectivity index (χ4n) is 7.67. The number of rotatable bonds is 9. The first kappa shape index (κ1) is 33.9. The normalized spacial score (nSPS) is 18.0. The average molecular weight is 713 g/mol. The lowest BCUT2D eigenvalue weighted by atomic mass is 9.94. The zero-order chi connectivity index (χ0) is 35.9. The summed E-state index contributed by atoms with van der Waals surface area (Å²) in [5.74, 6) is -0.731. The van der Waals surface area contributed by atoms with Crippen LogP contribution in [0.5, 0.6) is 0 Å². The predicted octanol–water partition coefficient (Wildman–Crippen LogP) is 7.00. The van der Waals surface area contributed by atoms with Gasteiger partial charge in [0.05, 0.1) is 33.8 Å². The van der Waals surface area contributed by atoms with Crippen molar-refractivity contribution in [3.8, 4) is 28.7 Å². The van der Waals surface area contributed by atoms with Crippen molar-refractivity contribution in [2.75, 3.05) is 26.2 Å². The molecule has 11 heteroatoms. The molecule has 3 aromatic heterocycles. The number of carbonyl (C=O) groups is 1. The monoisotopic (exact) mass is 712 g/mol. The number of likely N-dealkylation sites (tertiary alicyclic amines) is 2. The Labute approximate surface area is 305 Å². The van der Waals surface area contributed by atoms with E-state index < -0.39 is 5.97 Å². The molecule has 6 aromatic rings. The van der Waals surface area contributed by atoms with Crippen LogP contribution >= 0.6 is 11.6 Å². The van der Waals surface area contributed by atoms with E-state index in [1.165, 1.54) is 0 Å². The van der Waals surface area contributed by atoms with E-state index in [1.54, 1.807) is 6.07 Å². The van der Waals surface area contributed by atoms with Crippen molar-refractivity contribution in [1.82, 2.24) is 24.8 Å². The second kappa shape index (κ2) is 14.1. The highest BCUT2D eigenvalue weighted by molar-refractivity contribution is 6.34. The van der Waals surface area contributed by atoms with Gasteiger partial charge in [-0.3, -0.25) is 24.6 Å². The van der Waals surface area contributed by atoms with E-state index in [-0.39, 0.29) is 12.0 Å². The van der Waals surface area contributed by atoms with Crippen LogP contribution in [-0.4, -0.2) is 73.2 Å². The Kier molecular flexibility index (Phi) is 9.20. The first-order valence-corrected chi connectivity index (χ1v) is 17.9. The molecule has 52 heavy (non-hydrogen) atoms. The van der Waals surface area contributed by atoms with Crippen molar-refractivity contribution in [3.63, 3.8) is 0 Å². The SMILES string of the molecule is Cc1c(-c2nc3cc(CN4CC[C@@H](C(=O)O)C4)cc(C#N)c3o2)cccc1-c1cccc(Cc2nccc3cc(CN4CC[C@@H](O)C4)cnc23)c1Cl. The maximum Gasteiger partial charge on any atom is 0.307 e. The zero-order valence-corrected chi connectivity index (χ0v) is 29.5. The summed E-state index contributed by atoms with van der Waals surface area (Å²) >= 11 is 7.18. The first-order chi connectivity index (χ1) is 25.2. The molecule has 0 saturated carbocycles. The number of carboxylic acid groups (broad SMARTS) is 1. The molecule has 0 aliphatic carbocycles. The molecule has 10 nitrogen and oxygen atoms in total. The van der Waals surface area contributed by atoms with E-state index in [9.17, 15) is 20.3 Å². The third-order valence-corrected chi connectivity index (χ3v) is 10.8. The predicted molar refractivity (Wildman–Crippen MR) is 199 cm³/mol. The second-order valence-corrected chi connectivity index (χ2v) is 14.3. The Balaban J connectivity index is 1.07. The molecule has 3 aromatic carbocycles. The van der Waals surface area contributed by atoms with Crippen LogP contribution in [-0.2, 0) is 24.3 Å². The Morgan fingerprint density at radius 1 is 0.981 bits per heavy atom. The number of carboxylic acids is 1. The minimum Gasteiger partial charge on any atom is -0.481 e. The standard InChI is InChI=1S/C41H37ClN6O4/c1-24-32(5-3-6-33(24)40-46-36-16-25(14-30(18-43)39(36)52-40)20-47-12-9-29(22-47)41(50)51)34-7-2-4-27(37(34)42)17-35-38-28(8-11-44-35)15-26(19-45-38)21-48-13-10-31(49)23-48/h2-8,11,14-16,19,29,31,49H,9-10,12-13,17,20-23H2,1H3,(H,50,51)/t29-,31-/m1/s1. The zero-order valence-electron chi connectivity index (χ0n) is 28.7. The summed E-state index contributed by atoms with van der Waals surface area (Å²) in [6, 6.07) is 22.1. The van der Waals surface area contributed by atoms with Gasteiger partial charge in [0.25, 0.3) is 0 Å². The molecule has 2 N–H and O–H groups in total. The molecule has 8 rings (SSSR count). The summed E-state index contributed by atoms with van der Waals surface area (Å²) in [4.78, 5) is 30.2. The van der Waals surface area contributed by atoms with Crippen LogP contribution in [0.15, 0.2) is 77.5 Å². The molecule has 5 heterocycles. The number of hydrogen-bond donors (Lipinski definition) is 2. The summed E-state index contributed by atoms with van der Waals surface area (Å²) in [6.07, 6.45) is 5.39. The molecule has 0 unspecified atom stereocenters. The molecule has 2 aliphatic heterocycles. The molecular formula is C41H37ClN6O4. The van der Waals surface area contributed by atoms with Gasteiger partial charge in [-0.15, -0.1) is 0 Å². The largest absolute Gasteiger partial charge is 0.481 e. The fourth-order valence-corrected chi connectivity index (χ4v) is 7.97. The minimum absolute atomic E-state index is 0.257. The molecule has 0 amide bonds. The van der Waals surface area contributed by atoms with Crippen molar-refractivity contribution in [1.29, 1.82) is 5.26 Å². The minimum atomic E-state index is -0.771. The summed E-state index contributed by atoms with van der Waals surface area (Å²) < 4.78 is 6.26. The van der Waals surface area contributed by atoms with E-state index >= 15 is 0 Å². The van der Waals surface area contributed by atoms with Crippen LogP contribution in [0.25, 0.3) is 44.6 Å². The maximum atomic E-state index is 11.5. The van der Waals surface area contributed by atoms with Gasteiger partial charge in [0, 0.05) is 68.1 Å². The van der Waals surface area contributed by atoms with Crippen LogP contribution in [0.1, 0.15) is 46.4 Å². The van der Waals surface area contributed by atoms with E-state index in [4.69, 9.17) is 31.0 Å². The number of fused-ring (bicyclic) bond motifs is 2. The third-order valence-electron chi connectivity index (χ3n) is 10.4. The van der Waals surface area contributed by atoms with Crippen molar-refractivity contribution in [2.24, 2.45) is 5.92 Å². The number of aliphatic carboxylic acids is 1. The van der Waals surface area contributed by atoms with Gasteiger partial charge in [-0.05, 0) is 84.5 Å². The number of oxazole rings is 1. The highest BCUT2D eigenvalue weighted by atomic mass is 35.5. The van der Waals surface area contributed by atoms with Gasteiger partial charge in [-0.2, -0.15) is 5.26 Å². The number of halogens is 1. The van der Waals surface area contributed by atoms with Crippen LogP contribution < -0.4 is 0 Å². The lowest BCUT2D eigenvalue weighted by Gasteiger charge is -2.16. The van der Waals surface area contributed by atoms with Crippen molar-refractivity contribution in [3.05, 3.63) is 112 Å². The Hall–Kier alpha value is -5.18. The molecule has 0 spiro atoms. The van der Waals surface area contributed by atoms with Gasteiger partial charge in [0.1, 0.15) is 11.6 Å².